The molecule has 24 heavy (non-hydrogen) atoms. The van der Waals surface area contributed by atoms with Crippen LogP contribution in [0.25, 0.3) is 0 Å². The number of nitrogens with one attached hydrogen (secondary N) is 2. The van der Waals surface area contributed by atoms with E-state index in [1.54, 1.807) is 19.2 Å². The van der Waals surface area contributed by atoms with E-state index in [-0.39, 0.29) is 17.8 Å². The number of hydrogen-bond donors (Lipinski definition) is 3. The van der Waals surface area contributed by atoms with Crippen LogP contribution in [-0.4, -0.2) is 57.6 Å². The van der Waals surface area contributed by atoms with Gasteiger partial charge < -0.3 is 25.2 Å². The lowest BCUT2D eigenvalue weighted by molar-refractivity contribution is 0.127. The van der Waals surface area contributed by atoms with Gasteiger partial charge in [0.2, 0.25) is 0 Å². The van der Waals surface area contributed by atoms with Gasteiger partial charge in [0.25, 0.3) is 0 Å². The number of nitrogens with zero attached hydrogens (tertiary/aromatic N) is 1. The predicted molar refractivity (Wildman–Crippen MR) is 90.8 cm³/mol. The van der Waals surface area contributed by atoms with Gasteiger partial charge in [-0.05, 0) is 25.0 Å². The molecule has 2 rings (SSSR count). The lowest BCUT2D eigenvalue weighted by Crippen LogP contribution is -2.45. The minimum atomic E-state index is -0.314. The van der Waals surface area contributed by atoms with Gasteiger partial charge in [0, 0.05) is 38.3 Å². The number of benzene rings is 1. The molecule has 0 spiro atoms. The molecule has 0 amide bonds. The number of guanidine groups is 1. The maximum absolute atomic E-state index is 13.1. The summed E-state index contributed by atoms with van der Waals surface area (Å²) < 4.78 is 24.0. The third-order valence-corrected chi connectivity index (χ3v) is 4.14. The maximum atomic E-state index is 13.1. The fraction of sp³-hybridized carbons (Fsp3) is 0.588. The molecule has 0 bridgehead atoms. The Morgan fingerprint density at radius 3 is 3.00 bits per heavy atom. The van der Waals surface area contributed by atoms with Crippen molar-refractivity contribution >= 4 is 5.96 Å². The fourth-order valence-electron chi connectivity index (χ4n) is 2.70. The highest BCUT2D eigenvalue weighted by molar-refractivity contribution is 5.79. The van der Waals surface area contributed by atoms with Crippen molar-refractivity contribution in [1.82, 2.24) is 10.6 Å². The molecule has 134 valence electrons. The van der Waals surface area contributed by atoms with Crippen molar-refractivity contribution in [2.75, 3.05) is 46.6 Å². The first-order chi connectivity index (χ1) is 11.7. The summed E-state index contributed by atoms with van der Waals surface area (Å²) in [6, 6.07) is 6.06. The van der Waals surface area contributed by atoms with E-state index < -0.39 is 0 Å². The molecule has 0 saturated carbocycles. The van der Waals surface area contributed by atoms with Crippen LogP contribution in [-0.2, 0) is 4.74 Å². The molecule has 0 aliphatic carbocycles. The SMILES string of the molecule is CN=C(NCCOc1cccc(F)c1)NCC1(CCO)CCOC1. The molecule has 1 aliphatic rings. The van der Waals surface area contributed by atoms with Crippen LogP contribution in [0.5, 0.6) is 5.75 Å². The van der Waals surface area contributed by atoms with Gasteiger partial charge in [0.1, 0.15) is 18.2 Å². The standard InChI is InChI=1S/C17H26FN3O3/c1-19-16(21-12-17(5-8-22)6-9-23-13-17)20-7-10-24-15-4-2-3-14(18)11-15/h2-4,11,22H,5-10,12-13H2,1H3,(H2,19,20,21). The van der Waals surface area contributed by atoms with E-state index in [1.807, 2.05) is 0 Å². The number of aliphatic hydroxyl groups is 1. The molecule has 1 heterocycles. The zero-order valence-corrected chi connectivity index (χ0v) is 14.1. The Morgan fingerprint density at radius 1 is 1.46 bits per heavy atom. The van der Waals surface area contributed by atoms with Crippen LogP contribution in [0.3, 0.4) is 0 Å². The molecular formula is C17H26FN3O3. The predicted octanol–water partition coefficient (Wildman–Crippen LogP) is 1.16. The number of ether oxygens (including phenoxy) is 2. The minimum absolute atomic E-state index is 0.0373. The molecule has 0 aromatic heterocycles. The van der Waals surface area contributed by atoms with Crippen LogP contribution < -0.4 is 15.4 Å². The maximum Gasteiger partial charge on any atom is 0.191 e. The highest BCUT2D eigenvalue weighted by Crippen LogP contribution is 2.31. The van der Waals surface area contributed by atoms with Gasteiger partial charge in [-0.15, -0.1) is 0 Å². The quantitative estimate of drug-likeness (QED) is 0.376. The topological polar surface area (TPSA) is 75.1 Å². The molecule has 1 unspecified atom stereocenters. The Labute approximate surface area is 142 Å². The smallest absolute Gasteiger partial charge is 0.191 e. The lowest BCUT2D eigenvalue weighted by Gasteiger charge is -2.27. The van der Waals surface area contributed by atoms with E-state index in [0.717, 1.165) is 13.0 Å². The first-order valence-electron chi connectivity index (χ1n) is 8.19. The molecule has 3 N–H and O–H groups in total. The largest absolute Gasteiger partial charge is 0.492 e. The number of halogens is 1. The molecule has 1 saturated heterocycles. The summed E-state index contributed by atoms with van der Waals surface area (Å²) in [5.41, 5.74) is -0.0373. The van der Waals surface area contributed by atoms with Crippen molar-refractivity contribution in [3.05, 3.63) is 30.1 Å². The summed E-state index contributed by atoms with van der Waals surface area (Å²) >= 11 is 0. The molecule has 1 aromatic carbocycles. The van der Waals surface area contributed by atoms with Gasteiger partial charge >= 0.3 is 0 Å². The van der Waals surface area contributed by atoms with E-state index in [4.69, 9.17) is 9.47 Å². The Kier molecular flexibility index (Phi) is 7.27. The average Bonchev–Trinajstić information content (AvgIpc) is 3.03. The second-order valence-corrected chi connectivity index (χ2v) is 5.93. The summed E-state index contributed by atoms with van der Waals surface area (Å²) in [5.74, 6) is 0.859. The summed E-state index contributed by atoms with van der Waals surface area (Å²) in [6.45, 7) is 3.17. The van der Waals surface area contributed by atoms with Crippen LogP contribution in [0, 0.1) is 11.2 Å². The Bertz CT molecular complexity index is 534. The monoisotopic (exact) mass is 339 g/mol. The van der Waals surface area contributed by atoms with Crippen LogP contribution in [0.2, 0.25) is 0 Å². The third kappa shape index (κ3) is 5.65. The Hall–Kier alpha value is -1.86. The number of hydrogen-bond acceptors (Lipinski definition) is 4. The number of rotatable bonds is 8. The van der Waals surface area contributed by atoms with E-state index in [2.05, 4.69) is 15.6 Å². The van der Waals surface area contributed by atoms with Crippen molar-refractivity contribution < 1.29 is 19.0 Å². The van der Waals surface area contributed by atoms with Crippen molar-refractivity contribution in [3.63, 3.8) is 0 Å². The molecular weight excluding hydrogens is 313 g/mol. The van der Waals surface area contributed by atoms with Crippen molar-refractivity contribution in [2.45, 2.75) is 12.8 Å². The van der Waals surface area contributed by atoms with Crippen molar-refractivity contribution in [3.8, 4) is 5.75 Å². The molecule has 1 aliphatic heterocycles. The molecule has 0 radical (unpaired) electrons. The second-order valence-electron chi connectivity index (χ2n) is 5.93. The van der Waals surface area contributed by atoms with E-state index in [1.165, 1.54) is 12.1 Å². The second kappa shape index (κ2) is 9.44. The first-order valence-corrected chi connectivity index (χ1v) is 8.19. The van der Waals surface area contributed by atoms with E-state index in [0.29, 0.717) is 44.4 Å². The molecule has 1 aromatic rings. The molecule has 1 fully saturated rings. The number of aliphatic hydroxyl groups excluding tert-OH is 1. The van der Waals surface area contributed by atoms with Crippen LogP contribution in [0.4, 0.5) is 4.39 Å². The highest BCUT2D eigenvalue weighted by Gasteiger charge is 2.34. The Morgan fingerprint density at radius 2 is 2.33 bits per heavy atom. The minimum Gasteiger partial charge on any atom is -0.492 e. The summed E-state index contributed by atoms with van der Waals surface area (Å²) in [6.07, 6.45) is 1.64. The van der Waals surface area contributed by atoms with Crippen molar-refractivity contribution in [1.29, 1.82) is 0 Å². The van der Waals surface area contributed by atoms with Gasteiger partial charge in [-0.1, -0.05) is 6.07 Å². The normalized spacial score (nSPS) is 20.9. The van der Waals surface area contributed by atoms with Crippen LogP contribution >= 0.6 is 0 Å². The zero-order valence-electron chi connectivity index (χ0n) is 14.1. The highest BCUT2D eigenvalue weighted by atomic mass is 19.1. The zero-order chi connectivity index (χ0) is 17.3. The molecule has 6 nitrogen and oxygen atoms in total. The number of aliphatic imine (C=N–C) groups is 1. The summed E-state index contributed by atoms with van der Waals surface area (Å²) in [4.78, 5) is 4.17. The first kappa shape index (κ1) is 18.5. The average molecular weight is 339 g/mol. The van der Waals surface area contributed by atoms with Crippen LogP contribution in [0.15, 0.2) is 29.3 Å². The van der Waals surface area contributed by atoms with Gasteiger partial charge in [-0.3, -0.25) is 4.99 Å². The Balaban J connectivity index is 1.70. The summed E-state index contributed by atoms with van der Waals surface area (Å²) in [7, 11) is 1.70. The van der Waals surface area contributed by atoms with E-state index in [9.17, 15) is 9.50 Å². The van der Waals surface area contributed by atoms with Gasteiger partial charge in [0.05, 0.1) is 13.2 Å². The molecule has 7 heteroatoms. The van der Waals surface area contributed by atoms with E-state index >= 15 is 0 Å². The lowest BCUT2D eigenvalue weighted by atomic mass is 9.84. The van der Waals surface area contributed by atoms with Gasteiger partial charge in [-0.2, -0.15) is 0 Å². The fourth-order valence-corrected chi connectivity index (χ4v) is 2.70. The van der Waals surface area contributed by atoms with Gasteiger partial charge in [0.15, 0.2) is 5.96 Å². The molecule has 1 atom stereocenters. The van der Waals surface area contributed by atoms with Gasteiger partial charge in [-0.25, -0.2) is 4.39 Å². The van der Waals surface area contributed by atoms with Crippen LogP contribution in [0.1, 0.15) is 12.8 Å². The third-order valence-electron chi connectivity index (χ3n) is 4.14. The van der Waals surface area contributed by atoms with Crippen molar-refractivity contribution in [2.24, 2.45) is 10.4 Å². The summed E-state index contributed by atoms with van der Waals surface area (Å²) in [5, 5.41) is 15.7.